The number of aliphatic hydroxyl groups is 3. The summed E-state index contributed by atoms with van der Waals surface area (Å²) >= 11 is 0. The van der Waals surface area contributed by atoms with Crippen molar-refractivity contribution >= 4 is 12.2 Å². The Bertz CT molecular complexity index is 547. The van der Waals surface area contributed by atoms with E-state index in [2.05, 4.69) is 9.98 Å². The molecule has 0 fully saturated rings. The van der Waals surface area contributed by atoms with Crippen LogP contribution in [0, 0.1) is 5.41 Å². The zero-order chi connectivity index (χ0) is 16.4. The highest BCUT2D eigenvalue weighted by Gasteiger charge is 2.28. The number of hydrogen-bond donors (Lipinski definition) is 3. The molecule has 0 saturated carbocycles. The van der Waals surface area contributed by atoms with E-state index in [-0.39, 0.29) is 19.8 Å². The van der Waals surface area contributed by atoms with Gasteiger partial charge < -0.3 is 15.3 Å². The van der Waals surface area contributed by atoms with Crippen LogP contribution in [0.15, 0.2) is 34.3 Å². The van der Waals surface area contributed by atoms with Crippen LogP contribution in [0.2, 0.25) is 0 Å². The fraction of sp³-hybridized carbons (Fsp3) is 0.467. The Morgan fingerprint density at radius 3 is 2.05 bits per heavy atom. The highest BCUT2D eigenvalue weighted by molar-refractivity contribution is 5.41. The monoisotopic (exact) mass is 306 g/mol. The number of aryl methyl sites for hydroxylation is 1. The Balaban J connectivity index is 3.06. The van der Waals surface area contributed by atoms with Crippen LogP contribution in [0.25, 0.3) is 0 Å². The first-order valence-corrected chi connectivity index (χ1v) is 6.70. The Hall–Kier alpha value is -2.14. The fourth-order valence-electron chi connectivity index (χ4n) is 2.07. The topological polar surface area (TPSA) is 120 Å². The van der Waals surface area contributed by atoms with Crippen LogP contribution in [0.3, 0.4) is 0 Å². The van der Waals surface area contributed by atoms with Crippen molar-refractivity contribution in [1.29, 1.82) is 0 Å². The zero-order valence-electron chi connectivity index (χ0n) is 12.0. The summed E-state index contributed by atoms with van der Waals surface area (Å²) < 4.78 is 0. The van der Waals surface area contributed by atoms with Crippen molar-refractivity contribution in [3.63, 3.8) is 0 Å². The normalized spacial score (nSPS) is 12.1. The molecular formula is C15H18N2O5. The van der Waals surface area contributed by atoms with E-state index in [0.717, 1.165) is 5.56 Å². The second-order valence-corrected chi connectivity index (χ2v) is 4.99. The molecule has 0 saturated heterocycles. The minimum Gasteiger partial charge on any atom is -0.396 e. The van der Waals surface area contributed by atoms with E-state index in [1.54, 1.807) is 24.3 Å². The molecular weight excluding hydrogens is 288 g/mol. The molecule has 0 atom stereocenters. The SMILES string of the molecule is O=C=NC(N=C=O)c1ccccc1CCC(CO)(CO)CO. The molecule has 0 aromatic heterocycles. The summed E-state index contributed by atoms with van der Waals surface area (Å²) in [5.41, 5.74) is 0.284. The van der Waals surface area contributed by atoms with Crippen molar-refractivity contribution in [2.24, 2.45) is 15.4 Å². The van der Waals surface area contributed by atoms with Crippen molar-refractivity contribution < 1.29 is 24.9 Å². The minimum absolute atomic E-state index is 0.315. The maximum absolute atomic E-state index is 10.5. The fourth-order valence-corrected chi connectivity index (χ4v) is 2.07. The van der Waals surface area contributed by atoms with Crippen LogP contribution in [-0.2, 0) is 16.0 Å². The third-order valence-electron chi connectivity index (χ3n) is 3.61. The summed E-state index contributed by atoms with van der Waals surface area (Å²) in [7, 11) is 0. The van der Waals surface area contributed by atoms with Crippen molar-refractivity contribution in [2.45, 2.75) is 19.0 Å². The highest BCUT2D eigenvalue weighted by atomic mass is 16.3. The molecule has 3 N–H and O–H groups in total. The third-order valence-corrected chi connectivity index (χ3v) is 3.61. The van der Waals surface area contributed by atoms with Crippen LogP contribution >= 0.6 is 0 Å². The summed E-state index contributed by atoms with van der Waals surface area (Å²) in [5, 5.41) is 28.0. The first kappa shape index (κ1) is 17.9. The summed E-state index contributed by atoms with van der Waals surface area (Å²) in [6.45, 7) is -1.07. The van der Waals surface area contributed by atoms with E-state index < -0.39 is 11.6 Å². The van der Waals surface area contributed by atoms with E-state index in [0.29, 0.717) is 18.4 Å². The van der Waals surface area contributed by atoms with Gasteiger partial charge in [-0.3, -0.25) is 0 Å². The second-order valence-electron chi connectivity index (χ2n) is 4.99. The zero-order valence-corrected chi connectivity index (χ0v) is 12.0. The smallest absolute Gasteiger partial charge is 0.237 e. The lowest BCUT2D eigenvalue weighted by Gasteiger charge is -2.27. The molecule has 0 spiro atoms. The van der Waals surface area contributed by atoms with Gasteiger partial charge in [0.15, 0.2) is 6.17 Å². The Morgan fingerprint density at radius 1 is 1.00 bits per heavy atom. The van der Waals surface area contributed by atoms with E-state index in [9.17, 15) is 24.9 Å². The van der Waals surface area contributed by atoms with Crippen LogP contribution in [-0.4, -0.2) is 47.3 Å². The summed E-state index contributed by atoms with van der Waals surface area (Å²) in [6, 6.07) is 6.91. The molecule has 0 heterocycles. The van der Waals surface area contributed by atoms with Gasteiger partial charge in [-0.1, -0.05) is 24.3 Å². The predicted octanol–water partition coefficient (Wildman–Crippen LogP) is 0.253. The minimum atomic E-state index is -1.02. The highest BCUT2D eigenvalue weighted by Crippen LogP contribution is 2.27. The molecule has 22 heavy (non-hydrogen) atoms. The van der Waals surface area contributed by atoms with Crippen LogP contribution < -0.4 is 0 Å². The molecule has 0 aliphatic rings. The molecule has 7 heteroatoms. The summed E-state index contributed by atoms with van der Waals surface area (Å²) in [6.07, 6.45) is 2.43. The molecule has 1 rings (SSSR count). The molecule has 0 amide bonds. The van der Waals surface area contributed by atoms with Crippen LogP contribution in [0.1, 0.15) is 23.7 Å². The summed E-state index contributed by atoms with van der Waals surface area (Å²) in [5.74, 6) is 0. The molecule has 7 nitrogen and oxygen atoms in total. The van der Waals surface area contributed by atoms with Crippen molar-refractivity contribution in [3.8, 4) is 0 Å². The van der Waals surface area contributed by atoms with Crippen molar-refractivity contribution in [3.05, 3.63) is 35.4 Å². The van der Waals surface area contributed by atoms with Gasteiger partial charge >= 0.3 is 0 Å². The number of isocyanates is 2. The molecule has 1 aromatic carbocycles. The Kier molecular flexibility index (Phi) is 7.32. The van der Waals surface area contributed by atoms with Gasteiger partial charge in [0.25, 0.3) is 0 Å². The Morgan fingerprint density at radius 2 is 1.55 bits per heavy atom. The quantitative estimate of drug-likeness (QED) is 0.446. The van der Waals surface area contributed by atoms with Gasteiger partial charge in [0.1, 0.15) is 0 Å². The van der Waals surface area contributed by atoms with E-state index in [4.69, 9.17) is 0 Å². The van der Waals surface area contributed by atoms with Gasteiger partial charge in [0.2, 0.25) is 12.2 Å². The van der Waals surface area contributed by atoms with Gasteiger partial charge in [-0.2, -0.15) is 9.98 Å². The number of benzene rings is 1. The van der Waals surface area contributed by atoms with Gasteiger partial charge in [0, 0.05) is 11.0 Å². The number of hydrogen-bond acceptors (Lipinski definition) is 7. The lowest BCUT2D eigenvalue weighted by molar-refractivity contribution is -0.000307. The number of carbonyl (C=O) groups excluding carboxylic acids is 2. The lowest BCUT2D eigenvalue weighted by Crippen LogP contribution is -2.34. The molecule has 0 aliphatic carbocycles. The van der Waals surface area contributed by atoms with E-state index in [1.807, 2.05) is 0 Å². The van der Waals surface area contributed by atoms with Crippen molar-refractivity contribution in [1.82, 2.24) is 0 Å². The van der Waals surface area contributed by atoms with Gasteiger partial charge in [-0.25, -0.2) is 9.59 Å². The van der Waals surface area contributed by atoms with Gasteiger partial charge in [0.05, 0.1) is 19.8 Å². The lowest BCUT2D eigenvalue weighted by atomic mass is 9.83. The van der Waals surface area contributed by atoms with Crippen LogP contribution in [0.5, 0.6) is 0 Å². The number of rotatable bonds is 9. The molecule has 0 unspecified atom stereocenters. The summed E-state index contributed by atoms with van der Waals surface area (Å²) in [4.78, 5) is 27.8. The molecule has 0 radical (unpaired) electrons. The standard InChI is InChI=1S/C15H18N2O5/c18-7-15(8-19,9-20)6-5-12-3-1-2-4-13(12)14(16-10-21)17-11-22/h1-4,14,18-20H,5-9H2. The van der Waals surface area contributed by atoms with Gasteiger partial charge in [-0.15, -0.1) is 0 Å². The van der Waals surface area contributed by atoms with E-state index in [1.165, 1.54) is 12.2 Å². The maximum atomic E-state index is 10.5. The average molecular weight is 306 g/mol. The predicted molar refractivity (Wildman–Crippen MR) is 77.4 cm³/mol. The molecule has 0 aliphatic heterocycles. The van der Waals surface area contributed by atoms with Crippen molar-refractivity contribution in [2.75, 3.05) is 19.8 Å². The molecule has 118 valence electrons. The first-order chi connectivity index (χ1) is 10.7. The third kappa shape index (κ3) is 4.43. The van der Waals surface area contributed by atoms with Gasteiger partial charge in [-0.05, 0) is 18.4 Å². The molecule has 1 aromatic rings. The number of aliphatic imine (C=N–C) groups is 2. The number of aliphatic hydroxyl groups excluding tert-OH is 3. The first-order valence-electron chi connectivity index (χ1n) is 6.70. The van der Waals surface area contributed by atoms with Crippen LogP contribution in [0.4, 0.5) is 0 Å². The largest absolute Gasteiger partial charge is 0.396 e. The number of nitrogens with zero attached hydrogens (tertiary/aromatic N) is 2. The Labute approximate surface area is 127 Å². The molecule has 0 bridgehead atoms. The maximum Gasteiger partial charge on any atom is 0.237 e. The van der Waals surface area contributed by atoms with E-state index >= 15 is 0 Å². The second kappa shape index (κ2) is 9.00. The average Bonchev–Trinajstić information content (AvgIpc) is 2.57.